The number of nitrogens with one attached hydrogen (secondary N) is 1. The molecule has 1 amide bonds. The Morgan fingerprint density at radius 1 is 1.26 bits per heavy atom. The van der Waals surface area contributed by atoms with E-state index in [-0.39, 0.29) is 11.4 Å². The van der Waals surface area contributed by atoms with Gasteiger partial charge in [0.05, 0.1) is 13.5 Å². The standard InChI is InChI=1S/C16H15N3O8/c1-27-11-5-3-2-4-9(11)19-12(21)7-10(20)14(18-19)15(24)17-8(16(25)26)6-13(22)23/h2-5,7-8,20H,6H2,1H3,(H,17,24)(H,22,23)(H,25,26). The van der Waals surface area contributed by atoms with Gasteiger partial charge in [-0.05, 0) is 12.1 Å². The molecule has 11 heteroatoms. The van der Waals surface area contributed by atoms with Crippen molar-refractivity contribution in [1.82, 2.24) is 15.1 Å². The first-order valence-electron chi connectivity index (χ1n) is 7.46. The van der Waals surface area contributed by atoms with Crippen LogP contribution in [0.2, 0.25) is 0 Å². The molecule has 0 aliphatic heterocycles. The first kappa shape index (κ1) is 19.4. The highest BCUT2D eigenvalue weighted by atomic mass is 16.5. The molecule has 0 aliphatic rings. The maximum absolute atomic E-state index is 12.3. The zero-order valence-electron chi connectivity index (χ0n) is 13.9. The number of carboxylic acids is 2. The summed E-state index contributed by atoms with van der Waals surface area (Å²) in [7, 11) is 1.36. The molecule has 0 radical (unpaired) electrons. The monoisotopic (exact) mass is 377 g/mol. The summed E-state index contributed by atoms with van der Waals surface area (Å²) >= 11 is 0. The van der Waals surface area contributed by atoms with Crippen molar-refractivity contribution < 1.29 is 34.4 Å². The molecule has 1 heterocycles. The maximum Gasteiger partial charge on any atom is 0.326 e. The highest BCUT2D eigenvalue weighted by Gasteiger charge is 2.26. The fraction of sp³-hybridized carbons (Fsp3) is 0.188. The SMILES string of the molecule is COc1ccccc1-n1nc(C(=O)NC(CC(=O)O)C(=O)O)c(O)cc1=O. The van der Waals surface area contributed by atoms with Gasteiger partial charge in [-0.15, -0.1) is 0 Å². The number of carboxylic acid groups (broad SMARTS) is 2. The van der Waals surface area contributed by atoms with E-state index in [1.807, 2.05) is 5.32 Å². The van der Waals surface area contributed by atoms with Crippen molar-refractivity contribution in [2.24, 2.45) is 0 Å². The van der Waals surface area contributed by atoms with E-state index < -0.39 is 47.3 Å². The van der Waals surface area contributed by atoms with Gasteiger partial charge in [0.25, 0.3) is 11.5 Å². The molecule has 1 aromatic carbocycles. The fourth-order valence-corrected chi connectivity index (χ4v) is 2.19. The van der Waals surface area contributed by atoms with Crippen molar-refractivity contribution in [3.63, 3.8) is 0 Å². The molecule has 27 heavy (non-hydrogen) atoms. The number of methoxy groups -OCH3 is 1. The first-order valence-corrected chi connectivity index (χ1v) is 7.46. The summed E-state index contributed by atoms with van der Waals surface area (Å²) in [5.74, 6) is -4.71. The van der Waals surface area contributed by atoms with Gasteiger partial charge in [0, 0.05) is 6.07 Å². The summed E-state index contributed by atoms with van der Waals surface area (Å²) in [6, 6.07) is 5.24. The van der Waals surface area contributed by atoms with Crippen molar-refractivity contribution in [1.29, 1.82) is 0 Å². The molecule has 0 fully saturated rings. The fourth-order valence-electron chi connectivity index (χ4n) is 2.19. The molecule has 0 saturated heterocycles. The van der Waals surface area contributed by atoms with Gasteiger partial charge in [0.1, 0.15) is 17.5 Å². The lowest BCUT2D eigenvalue weighted by molar-refractivity contribution is -0.145. The van der Waals surface area contributed by atoms with Gasteiger partial charge in [-0.1, -0.05) is 12.1 Å². The second-order valence-electron chi connectivity index (χ2n) is 5.26. The van der Waals surface area contributed by atoms with Crippen molar-refractivity contribution >= 4 is 17.8 Å². The number of carbonyl (C=O) groups is 3. The molecular formula is C16H15N3O8. The van der Waals surface area contributed by atoms with Crippen molar-refractivity contribution in [3.8, 4) is 17.2 Å². The van der Waals surface area contributed by atoms with Gasteiger partial charge in [-0.2, -0.15) is 9.78 Å². The molecule has 0 spiro atoms. The van der Waals surface area contributed by atoms with E-state index in [0.717, 1.165) is 10.7 Å². The number of aromatic hydroxyl groups is 1. The second kappa shape index (κ2) is 7.99. The number of aromatic nitrogens is 2. The smallest absolute Gasteiger partial charge is 0.326 e. The van der Waals surface area contributed by atoms with Crippen molar-refractivity contribution in [3.05, 3.63) is 46.4 Å². The maximum atomic E-state index is 12.3. The van der Waals surface area contributed by atoms with Crippen molar-refractivity contribution in [2.45, 2.75) is 12.5 Å². The summed E-state index contributed by atoms with van der Waals surface area (Å²) in [4.78, 5) is 46.2. The molecule has 2 rings (SSSR count). The number of rotatable bonds is 7. The minimum atomic E-state index is -1.75. The minimum absolute atomic E-state index is 0.180. The molecule has 1 aromatic heterocycles. The number of hydrogen-bond donors (Lipinski definition) is 4. The number of ether oxygens (including phenoxy) is 1. The van der Waals surface area contributed by atoms with Crippen LogP contribution in [0.25, 0.3) is 5.69 Å². The number of amides is 1. The third-order valence-corrected chi connectivity index (χ3v) is 3.42. The van der Waals surface area contributed by atoms with Gasteiger partial charge in [-0.3, -0.25) is 14.4 Å². The lowest BCUT2D eigenvalue weighted by Gasteiger charge is -2.14. The number of hydrogen-bond acceptors (Lipinski definition) is 7. The summed E-state index contributed by atoms with van der Waals surface area (Å²) < 4.78 is 5.91. The third-order valence-electron chi connectivity index (χ3n) is 3.42. The number of carbonyl (C=O) groups excluding carboxylic acids is 1. The van der Waals surface area contributed by atoms with Crippen LogP contribution in [0.4, 0.5) is 0 Å². The zero-order chi connectivity index (χ0) is 20.1. The lowest BCUT2D eigenvalue weighted by Crippen LogP contribution is -2.43. The topological polar surface area (TPSA) is 168 Å². The van der Waals surface area contributed by atoms with Crippen LogP contribution < -0.4 is 15.6 Å². The number of para-hydroxylation sites is 2. The molecule has 11 nitrogen and oxygen atoms in total. The Hall–Kier alpha value is -3.89. The van der Waals surface area contributed by atoms with E-state index in [9.17, 15) is 24.3 Å². The Balaban J connectivity index is 2.46. The molecule has 1 unspecified atom stereocenters. The Morgan fingerprint density at radius 3 is 2.52 bits per heavy atom. The third kappa shape index (κ3) is 4.39. The van der Waals surface area contributed by atoms with Crippen LogP contribution in [0, 0.1) is 0 Å². The Kier molecular flexibility index (Phi) is 5.75. The predicted octanol–water partition coefficient (Wildman–Crippen LogP) is -0.396. The lowest BCUT2D eigenvalue weighted by atomic mass is 10.2. The summed E-state index contributed by atoms with van der Waals surface area (Å²) in [6.45, 7) is 0. The molecule has 0 saturated carbocycles. The molecular weight excluding hydrogens is 362 g/mol. The van der Waals surface area contributed by atoms with Gasteiger partial charge >= 0.3 is 11.9 Å². The number of nitrogens with zero attached hydrogens (tertiary/aromatic N) is 2. The molecule has 142 valence electrons. The molecule has 1 atom stereocenters. The van der Waals surface area contributed by atoms with Crippen LogP contribution in [0.1, 0.15) is 16.9 Å². The molecule has 0 aliphatic carbocycles. The van der Waals surface area contributed by atoms with E-state index in [1.54, 1.807) is 18.2 Å². The highest BCUT2D eigenvalue weighted by Crippen LogP contribution is 2.21. The summed E-state index contributed by atoms with van der Waals surface area (Å²) in [6.07, 6.45) is -0.881. The summed E-state index contributed by atoms with van der Waals surface area (Å²) in [5, 5.41) is 33.3. The second-order valence-corrected chi connectivity index (χ2v) is 5.26. The highest BCUT2D eigenvalue weighted by molar-refractivity contribution is 5.97. The molecule has 2 aromatic rings. The zero-order valence-corrected chi connectivity index (χ0v) is 13.9. The minimum Gasteiger partial charge on any atom is -0.505 e. The van der Waals surface area contributed by atoms with Crippen LogP contribution in [0.5, 0.6) is 11.5 Å². The molecule has 4 N–H and O–H groups in total. The van der Waals surface area contributed by atoms with E-state index in [1.165, 1.54) is 13.2 Å². The van der Waals surface area contributed by atoms with Crippen LogP contribution in [0.15, 0.2) is 35.1 Å². The molecule has 0 bridgehead atoms. The number of aliphatic carboxylic acids is 2. The van der Waals surface area contributed by atoms with Crippen molar-refractivity contribution in [2.75, 3.05) is 7.11 Å². The van der Waals surface area contributed by atoms with Gasteiger partial charge in [0.15, 0.2) is 11.4 Å². The normalized spacial score (nSPS) is 11.4. The Labute approximate surface area is 151 Å². The Morgan fingerprint density at radius 2 is 1.93 bits per heavy atom. The average molecular weight is 377 g/mol. The van der Waals surface area contributed by atoms with E-state index in [4.69, 9.17) is 14.9 Å². The van der Waals surface area contributed by atoms with E-state index in [2.05, 4.69) is 5.10 Å². The van der Waals surface area contributed by atoms with E-state index >= 15 is 0 Å². The Bertz CT molecular complexity index is 953. The predicted molar refractivity (Wildman–Crippen MR) is 89.2 cm³/mol. The average Bonchev–Trinajstić information content (AvgIpc) is 2.60. The largest absolute Gasteiger partial charge is 0.505 e. The van der Waals surface area contributed by atoms with Gasteiger partial charge in [-0.25, -0.2) is 4.79 Å². The van der Waals surface area contributed by atoms with Crippen LogP contribution in [0.3, 0.4) is 0 Å². The van der Waals surface area contributed by atoms with Gasteiger partial charge in [0.2, 0.25) is 0 Å². The van der Waals surface area contributed by atoms with Crippen LogP contribution in [-0.2, 0) is 9.59 Å². The van der Waals surface area contributed by atoms with Crippen LogP contribution >= 0.6 is 0 Å². The number of benzene rings is 1. The summed E-state index contributed by atoms with van der Waals surface area (Å²) in [5.41, 5.74) is -1.25. The van der Waals surface area contributed by atoms with E-state index in [0.29, 0.717) is 0 Å². The van der Waals surface area contributed by atoms with Gasteiger partial charge < -0.3 is 25.4 Å². The van der Waals surface area contributed by atoms with Crippen LogP contribution in [-0.4, -0.2) is 56.1 Å². The first-order chi connectivity index (χ1) is 12.7. The quantitative estimate of drug-likeness (QED) is 0.502.